The maximum atomic E-state index is 13.8. The van der Waals surface area contributed by atoms with Gasteiger partial charge in [0.15, 0.2) is 22.5 Å². The van der Waals surface area contributed by atoms with Gasteiger partial charge in [-0.15, -0.1) is 10.2 Å². The first kappa shape index (κ1) is 17.7. The number of carbonyl (C=O) groups excluding carboxylic acids is 1. The Bertz CT molecular complexity index is 945. The van der Waals surface area contributed by atoms with Gasteiger partial charge in [-0.2, -0.15) is 0 Å². The molecule has 0 bridgehead atoms. The lowest BCUT2D eigenvalue weighted by Crippen LogP contribution is -2.11. The van der Waals surface area contributed by atoms with Gasteiger partial charge in [0.1, 0.15) is 12.4 Å². The topological polar surface area (TPSA) is 57.0 Å². The Morgan fingerprint density at radius 2 is 1.89 bits per heavy atom. The van der Waals surface area contributed by atoms with Gasteiger partial charge < -0.3 is 4.74 Å². The van der Waals surface area contributed by atoms with Crippen molar-refractivity contribution in [3.8, 4) is 11.4 Å². The molecule has 4 rings (SSSR count). The summed E-state index contributed by atoms with van der Waals surface area (Å²) in [7, 11) is 0. The monoisotopic (exact) mass is 383 g/mol. The highest BCUT2D eigenvalue weighted by atomic mass is 32.2. The molecule has 1 atom stereocenters. The highest BCUT2D eigenvalue weighted by Crippen LogP contribution is 2.33. The molecule has 138 valence electrons. The molecule has 1 saturated carbocycles. The summed E-state index contributed by atoms with van der Waals surface area (Å²) in [6, 6.07) is 15.9. The molecule has 0 unspecified atom stereocenters. The summed E-state index contributed by atoms with van der Waals surface area (Å²) in [5, 5.41) is 9.07. The number of ether oxygens (including phenoxy) is 1. The largest absolute Gasteiger partial charge is 0.483 e. The third-order valence-electron chi connectivity index (χ3n) is 4.40. The van der Waals surface area contributed by atoms with E-state index in [-0.39, 0.29) is 23.4 Å². The summed E-state index contributed by atoms with van der Waals surface area (Å²) in [6.07, 6.45) is 2.39. The Morgan fingerprint density at radius 1 is 1.11 bits per heavy atom. The molecule has 0 radical (unpaired) electrons. The minimum atomic E-state index is -0.422. The van der Waals surface area contributed by atoms with E-state index in [1.807, 2.05) is 34.9 Å². The molecule has 1 fully saturated rings. The van der Waals surface area contributed by atoms with E-state index in [1.165, 1.54) is 17.8 Å². The van der Waals surface area contributed by atoms with Gasteiger partial charge in [-0.1, -0.05) is 42.1 Å². The number of aromatic nitrogens is 3. The number of halogens is 1. The van der Waals surface area contributed by atoms with Crippen LogP contribution in [-0.2, 0) is 11.4 Å². The first-order chi connectivity index (χ1) is 13.2. The van der Waals surface area contributed by atoms with E-state index in [4.69, 9.17) is 4.74 Å². The van der Waals surface area contributed by atoms with Gasteiger partial charge in [0.25, 0.3) is 0 Å². The highest BCUT2D eigenvalue weighted by Gasteiger charge is 2.28. The summed E-state index contributed by atoms with van der Waals surface area (Å²) >= 11 is 1.44. The number of thioether (sulfide) groups is 1. The van der Waals surface area contributed by atoms with Gasteiger partial charge in [-0.05, 0) is 37.1 Å². The molecule has 1 aromatic heterocycles. The van der Waals surface area contributed by atoms with Crippen molar-refractivity contribution in [2.24, 2.45) is 0 Å². The Hall–Kier alpha value is -2.67. The molecule has 7 heteroatoms. The van der Waals surface area contributed by atoms with Crippen molar-refractivity contribution in [2.75, 3.05) is 0 Å². The van der Waals surface area contributed by atoms with Crippen LogP contribution in [0.25, 0.3) is 5.69 Å². The molecular formula is C20H18FN3O2S. The number of Topliss-reactive ketones (excluding diaryl/α,β-unsaturated/α-hetero) is 1. The Balaban J connectivity index is 1.63. The van der Waals surface area contributed by atoms with Crippen molar-refractivity contribution in [3.63, 3.8) is 0 Å². The highest BCUT2D eigenvalue weighted by molar-refractivity contribution is 8.00. The molecule has 3 aromatic rings. The van der Waals surface area contributed by atoms with Crippen molar-refractivity contribution < 1.29 is 13.9 Å². The van der Waals surface area contributed by atoms with E-state index in [0.717, 1.165) is 18.5 Å². The van der Waals surface area contributed by atoms with Crippen molar-refractivity contribution in [3.05, 3.63) is 66.2 Å². The molecule has 0 spiro atoms. The van der Waals surface area contributed by atoms with Crippen LogP contribution in [-0.4, -0.2) is 25.8 Å². The minimum Gasteiger partial charge on any atom is -0.483 e. The van der Waals surface area contributed by atoms with Gasteiger partial charge in [-0.3, -0.25) is 9.36 Å². The number of para-hydroxylation sites is 2. The Kier molecular flexibility index (Phi) is 5.20. The van der Waals surface area contributed by atoms with Crippen LogP contribution < -0.4 is 4.74 Å². The number of nitrogens with zero attached hydrogens (tertiary/aromatic N) is 3. The fourth-order valence-corrected chi connectivity index (χ4v) is 4.24. The predicted molar refractivity (Wildman–Crippen MR) is 101 cm³/mol. The summed E-state index contributed by atoms with van der Waals surface area (Å²) in [4.78, 5) is 12.0. The lowest BCUT2D eigenvalue weighted by molar-refractivity contribution is -0.116. The summed E-state index contributed by atoms with van der Waals surface area (Å²) in [6.45, 7) is 0.0714. The van der Waals surface area contributed by atoms with Crippen LogP contribution >= 0.6 is 11.8 Å². The molecular weight excluding hydrogens is 365 g/mol. The van der Waals surface area contributed by atoms with Crippen LogP contribution in [0.5, 0.6) is 5.75 Å². The van der Waals surface area contributed by atoms with E-state index in [0.29, 0.717) is 17.4 Å². The minimum absolute atomic E-state index is 0.0714. The third kappa shape index (κ3) is 3.88. The average Bonchev–Trinajstić information content (AvgIpc) is 3.28. The van der Waals surface area contributed by atoms with Crippen LogP contribution in [0.1, 0.15) is 25.1 Å². The van der Waals surface area contributed by atoms with Crippen molar-refractivity contribution in [1.29, 1.82) is 0 Å². The maximum absolute atomic E-state index is 13.8. The van der Waals surface area contributed by atoms with E-state index in [1.54, 1.807) is 18.2 Å². The van der Waals surface area contributed by atoms with E-state index in [9.17, 15) is 9.18 Å². The lowest BCUT2D eigenvalue weighted by atomic mass is 10.3. The van der Waals surface area contributed by atoms with Gasteiger partial charge in [-0.25, -0.2) is 4.39 Å². The average molecular weight is 383 g/mol. The van der Waals surface area contributed by atoms with Crippen LogP contribution in [0.2, 0.25) is 0 Å². The Morgan fingerprint density at radius 3 is 2.63 bits per heavy atom. The molecule has 0 saturated heterocycles. The zero-order valence-corrected chi connectivity index (χ0v) is 15.4. The molecule has 1 aliphatic carbocycles. The number of ketones is 1. The quantitative estimate of drug-likeness (QED) is 0.639. The first-order valence-corrected chi connectivity index (χ1v) is 9.67. The molecule has 0 N–H and O–H groups in total. The Labute approximate surface area is 160 Å². The van der Waals surface area contributed by atoms with Crippen LogP contribution in [0, 0.1) is 5.82 Å². The van der Waals surface area contributed by atoms with Gasteiger partial charge in [0.2, 0.25) is 0 Å². The van der Waals surface area contributed by atoms with E-state index < -0.39 is 5.82 Å². The second-order valence-electron chi connectivity index (χ2n) is 6.25. The van der Waals surface area contributed by atoms with Crippen LogP contribution in [0.4, 0.5) is 4.39 Å². The molecule has 1 aliphatic rings. The normalized spacial score (nSPS) is 16.6. The van der Waals surface area contributed by atoms with Crippen molar-refractivity contribution in [1.82, 2.24) is 14.8 Å². The molecule has 0 amide bonds. The fraction of sp³-hybridized carbons (Fsp3) is 0.250. The zero-order chi connectivity index (χ0) is 18.6. The van der Waals surface area contributed by atoms with Crippen LogP contribution in [0.3, 0.4) is 0 Å². The van der Waals surface area contributed by atoms with Gasteiger partial charge in [0.05, 0.1) is 5.25 Å². The van der Waals surface area contributed by atoms with E-state index in [2.05, 4.69) is 10.2 Å². The molecule has 0 aliphatic heterocycles. The number of hydrogen-bond donors (Lipinski definition) is 0. The summed E-state index contributed by atoms with van der Waals surface area (Å²) in [5.41, 5.74) is 0.877. The fourth-order valence-electron chi connectivity index (χ4n) is 3.05. The number of benzene rings is 2. The zero-order valence-electron chi connectivity index (χ0n) is 14.5. The number of carbonyl (C=O) groups is 1. The third-order valence-corrected chi connectivity index (χ3v) is 5.66. The molecule has 5 nitrogen and oxygen atoms in total. The first-order valence-electron chi connectivity index (χ1n) is 8.79. The molecule has 2 aromatic carbocycles. The standard InChI is InChI=1S/C20H18FN3O2S/c21-15-9-4-5-11-17(15)26-13-19-22-23-20(27-18-12-6-10-16(18)25)24(19)14-7-2-1-3-8-14/h1-5,7-9,11,18H,6,10,12-13H2/t18-/m1/s1. The van der Waals surface area contributed by atoms with Crippen LogP contribution in [0.15, 0.2) is 59.8 Å². The van der Waals surface area contributed by atoms with Gasteiger partial charge in [0, 0.05) is 12.1 Å². The van der Waals surface area contributed by atoms with Gasteiger partial charge >= 0.3 is 0 Å². The van der Waals surface area contributed by atoms with Crippen molar-refractivity contribution >= 4 is 17.5 Å². The van der Waals surface area contributed by atoms with Crippen molar-refractivity contribution in [2.45, 2.75) is 36.3 Å². The smallest absolute Gasteiger partial charge is 0.196 e. The SMILES string of the molecule is O=C1CCC[C@H]1Sc1nnc(COc2ccccc2F)n1-c1ccccc1. The molecule has 1 heterocycles. The summed E-state index contributed by atoms with van der Waals surface area (Å²) in [5.74, 6) is 0.555. The second kappa shape index (κ2) is 7.92. The predicted octanol–water partition coefficient (Wildman–Crippen LogP) is 4.20. The summed E-state index contributed by atoms with van der Waals surface area (Å²) < 4.78 is 21.3. The second-order valence-corrected chi connectivity index (χ2v) is 7.42. The number of rotatable bonds is 6. The molecule has 27 heavy (non-hydrogen) atoms. The van der Waals surface area contributed by atoms with E-state index >= 15 is 0 Å². The lowest BCUT2D eigenvalue weighted by Gasteiger charge is -2.13. The maximum Gasteiger partial charge on any atom is 0.196 e. The number of hydrogen-bond acceptors (Lipinski definition) is 5.